The Morgan fingerprint density at radius 3 is 2.84 bits per heavy atom. The molecule has 0 radical (unpaired) electrons. The van der Waals surface area contributed by atoms with Gasteiger partial charge in [0.1, 0.15) is 5.82 Å². The molecule has 19 heavy (non-hydrogen) atoms. The van der Waals surface area contributed by atoms with Crippen LogP contribution in [-0.2, 0) is 0 Å². The Hall–Kier alpha value is -2.76. The number of carboxylic acid groups (broad SMARTS) is 1. The van der Waals surface area contributed by atoms with E-state index >= 15 is 0 Å². The molecule has 6 heteroatoms. The fourth-order valence-corrected chi connectivity index (χ4v) is 2.05. The van der Waals surface area contributed by atoms with Crippen molar-refractivity contribution in [3.05, 3.63) is 48.0 Å². The van der Waals surface area contributed by atoms with Gasteiger partial charge in [0.2, 0.25) is 0 Å². The fourth-order valence-electron chi connectivity index (χ4n) is 2.05. The van der Waals surface area contributed by atoms with Crippen LogP contribution in [0.5, 0.6) is 0 Å². The van der Waals surface area contributed by atoms with E-state index in [1.807, 2.05) is 35.7 Å². The quantitative estimate of drug-likeness (QED) is 0.754. The van der Waals surface area contributed by atoms with Crippen molar-refractivity contribution in [3.8, 4) is 11.4 Å². The maximum absolute atomic E-state index is 11.2. The van der Waals surface area contributed by atoms with Crippen LogP contribution >= 0.6 is 0 Å². The number of hydrogen-bond donors (Lipinski definition) is 1. The van der Waals surface area contributed by atoms with Crippen LogP contribution in [-0.4, -0.2) is 30.7 Å². The minimum absolute atomic E-state index is 0.0887. The molecule has 3 aromatic rings. The van der Waals surface area contributed by atoms with Crippen molar-refractivity contribution in [2.24, 2.45) is 0 Å². The second kappa shape index (κ2) is 4.16. The SMILES string of the molecule is Cc1nc(-c2cnncc2C(=O)O)n2ccccc12. The van der Waals surface area contributed by atoms with Crippen molar-refractivity contribution in [2.45, 2.75) is 6.92 Å². The highest BCUT2D eigenvalue weighted by molar-refractivity contribution is 5.94. The third kappa shape index (κ3) is 1.74. The lowest BCUT2D eigenvalue weighted by Gasteiger charge is -2.03. The molecule has 0 saturated heterocycles. The number of fused-ring (bicyclic) bond motifs is 1. The minimum atomic E-state index is -1.05. The Bertz CT molecular complexity index is 779. The number of rotatable bonds is 2. The molecule has 0 atom stereocenters. The summed E-state index contributed by atoms with van der Waals surface area (Å²) in [6.45, 7) is 1.88. The second-order valence-corrected chi connectivity index (χ2v) is 4.10. The molecular formula is C13H10N4O2. The molecule has 0 fully saturated rings. The summed E-state index contributed by atoms with van der Waals surface area (Å²) in [7, 11) is 0. The first kappa shape index (κ1) is 11.3. The zero-order valence-corrected chi connectivity index (χ0v) is 10.1. The van der Waals surface area contributed by atoms with E-state index in [2.05, 4.69) is 15.2 Å². The Morgan fingerprint density at radius 1 is 1.26 bits per heavy atom. The second-order valence-electron chi connectivity index (χ2n) is 4.10. The molecule has 94 valence electrons. The smallest absolute Gasteiger partial charge is 0.338 e. The molecular weight excluding hydrogens is 244 g/mol. The first-order valence-electron chi connectivity index (χ1n) is 5.66. The van der Waals surface area contributed by atoms with E-state index in [1.165, 1.54) is 12.4 Å². The van der Waals surface area contributed by atoms with Gasteiger partial charge in [-0.15, -0.1) is 0 Å². The number of aromatic carboxylic acids is 1. The van der Waals surface area contributed by atoms with E-state index in [1.54, 1.807) is 0 Å². The topological polar surface area (TPSA) is 80.4 Å². The average Bonchev–Trinajstić information content (AvgIpc) is 2.77. The van der Waals surface area contributed by atoms with Crippen LogP contribution in [0.2, 0.25) is 0 Å². The molecule has 0 spiro atoms. The summed E-state index contributed by atoms with van der Waals surface area (Å²) in [5.74, 6) is -0.490. The number of imidazole rings is 1. The lowest BCUT2D eigenvalue weighted by atomic mass is 10.1. The molecule has 0 aliphatic rings. The van der Waals surface area contributed by atoms with Gasteiger partial charge in [-0.3, -0.25) is 4.40 Å². The summed E-state index contributed by atoms with van der Waals surface area (Å²) >= 11 is 0. The number of pyridine rings is 1. The van der Waals surface area contributed by atoms with E-state index in [0.29, 0.717) is 11.4 Å². The van der Waals surface area contributed by atoms with Crippen LogP contribution < -0.4 is 0 Å². The number of aromatic nitrogens is 4. The Labute approximate surface area is 108 Å². The van der Waals surface area contributed by atoms with Gasteiger partial charge in [-0.2, -0.15) is 10.2 Å². The van der Waals surface area contributed by atoms with Crippen LogP contribution in [0.4, 0.5) is 0 Å². The number of nitrogens with zero attached hydrogens (tertiary/aromatic N) is 4. The van der Waals surface area contributed by atoms with E-state index in [0.717, 1.165) is 11.2 Å². The average molecular weight is 254 g/mol. The summed E-state index contributed by atoms with van der Waals surface area (Å²) in [4.78, 5) is 15.7. The minimum Gasteiger partial charge on any atom is -0.478 e. The molecule has 0 aliphatic carbocycles. The molecule has 6 nitrogen and oxygen atoms in total. The van der Waals surface area contributed by atoms with Gasteiger partial charge in [0.05, 0.1) is 34.7 Å². The Balaban J connectivity index is 2.34. The van der Waals surface area contributed by atoms with Crippen molar-refractivity contribution in [1.82, 2.24) is 19.6 Å². The molecule has 0 unspecified atom stereocenters. The van der Waals surface area contributed by atoms with Gasteiger partial charge >= 0.3 is 5.97 Å². The number of hydrogen-bond acceptors (Lipinski definition) is 4. The van der Waals surface area contributed by atoms with E-state index < -0.39 is 5.97 Å². The van der Waals surface area contributed by atoms with Crippen LogP contribution in [0.3, 0.4) is 0 Å². The van der Waals surface area contributed by atoms with Gasteiger partial charge in [-0.1, -0.05) is 6.07 Å². The zero-order chi connectivity index (χ0) is 13.4. The highest BCUT2D eigenvalue weighted by Crippen LogP contribution is 2.24. The van der Waals surface area contributed by atoms with Gasteiger partial charge < -0.3 is 5.11 Å². The predicted molar refractivity (Wildman–Crippen MR) is 67.9 cm³/mol. The molecule has 3 rings (SSSR count). The maximum Gasteiger partial charge on any atom is 0.338 e. The lowest BCUT2D eigenvalue weighted by molar-refractivity contribution is 0.0697. The molecule has 0 aromatic carbocycles. The van der Waals surface area contributed by atoms with Crippen LogP contribution in [0, 0.1) is 6.92 Å². The van der Waals surface area contributed by atoms with Crippen LogP contribution in [0.25, 0.3) is 16.9 Å². The fraction of sp³-hybridized carbons (Fsp3) is 0.0769. The zero-order valence-electron chi connectivity index (χ0n) is 10.1. The first-order chi connectivity index (χ1) is 9.18. The molecule has 3 aromatic heterocycles. The third-order valence-corrected chi connectivity index (χ3v) is 2.93. The molecule has 0 aliphatic heterocycles. The first-order valence-corrected chi connectivity index (χ1v) is 5.66. The predicted octanol–water partition coefficient (Wildman–Crippen LogP) is 1.80. The van der Waals surface area contributed by atoms with Crippen molar-refractivity contribution in [1.29, 1.82) is 0 Å². The van der Waals surface area contributed by atoms with Gasteiger partial charge in [-0.25, -0.2) is 9.78 Å². The van der Waals surface area contributed by atoms with Gasteiger partial charge in [0.25, 0.3) is 0 Å². The van der Waals surface area contributed by atoms with Crippen molar-refractivity contribution in [3.63, 3.8) is 0 Å². The van der Waals surface area contributed by atoms with Gasteiger partial charge in [0, 0.05) is 6.20 Å². The van der Waals surface area contributed by atoms with Gasteiger partial charge in [0.15, 0.2) is 0 Å². The summed E-state index contributed by atoms with van der Waals surface area (Å²) in [5.41, 5.74) is 2.32. The van der Waals surface area contributed by atoms with E-state index in [9.17, 15) is 9.90 Å². The summed E-state index contributed by atoms with van der Waals surface area (Å²) < 4.78 is 1.85. The third-order valence-electron chi connectivity index (χ3n) is 2.93. The molecule has 3 heterocycles. The van der Waals surface area contributed by atoms with Gasteiger partial charge in [-0.05, 0) is 19.1 Å². The highest BCUT2D eigenvalue weighted by atomic mass is 16.4. The summed E-state index contributed by atoms with van der Waals surface area (Å²) in [6.07, 6.45) is 4.50. The number of carbonyl (C=O) groups is 1. The normalized spacial score (nSPS) is 10.8. The molecule has 0 saturated carbocycles. The number of carboxylic acids is 1. The molecule has 1 N–H and O–H groups in total. The largest absolute Gasteiger partial charge is 0.478 e. The summed E-state index contributed by atoms with van der Waals surface area (Å²) in [5, 5.41) is 16.6. The maximum atomic E-state index is 11.2. The monoisotopic (exact) mass is 254 g/mol. The van der Waals surface area contributed by atoms with E-state index in [-0.39, 0.29) is 5.56 Å². The van der Waals surface area contributed by atoms with Crippen LogP contribution in [0.1, 0.15) is 16.1 Å². The van der Waals surface area contributed by atoms with Crippen LogP contribution in [0.15, 0.2) is 36.8 Å². The molecule has 0 bridgehead atoms. The number of aryl methyl sites for hydroxylation is 1. The van der Waals surface area contributed by atoms with Crippen molar-refractivity contribution < 1.29 is 9.90 Å². The Morgan fingerprint density at radius 2 is 2.05 bits per heavy atom. The summed E-state index contributed by atoms with van der Waals surface area (Å²) in [6, 6.07) is 5.71. The van der Waals surface area contributed by atoms with E-state index in [4.69, 9.17) is 0 Å². The van der Waals surface area contributed by atoms with Crippen molar-refractivity contribution in [2.75, 3.05) is 0 Å². The lowest BCUT2D eigenvalue weighted by Crippen LogP contribution is -2.03. The molecule has 0 amide bonds. The standard InChI is InChI=1S/C13H10N4O2/c1-8-11-4-2-3-5-17(11)12(16-8)9-6-14-15-7-10(9)13(18)19/h2-7H,1H3,(H,18,19). The Kier molecular flexibility index (Phi) is 2.49. The van der Waals surface area contributed by atoms with Crippen molar-refractivity contribution >= 4 is 11.5 Å². The highest BCUT2D eigenvalue weighted by Gasteiger charge is 2.17.